The van der Waals surface area contributed by atoms with Gasteiger partial charge in [0.1, 0.15) is 23.9 Å². The molecule has 0 bridgehead atoms. The van der Waals surface area contributed by atoms with Gasteiger partial charge in [-0.1, -0.05) is 24.3 Å². The first-order chi connectivity index (χ1) is 16.1. The molecule has 0 spiro atoms. The topological polar surface area (TPSA) is 56.6 Å². The van der Waals surface area contributed by atoms with Crippen LogP contribution in [0.1, 0.15) is 23.7 Å². The van der Waals surface area contributed by atoms with E-state index in [2.05, 4.69) is 16.7 Å². The van der Waals surface area contributed by atoms with E-state index in [4.69, 9.17) is 14.5 Å². The molecule has 0 unspecified atom stereocenters. The molecule has 1 amide bonds. The molecule has 0 saturated carbocycles. The Balaban J connectivity index is 1.38. The van der Waals surface area contributed by atoms with Gasteiger partial charge in [0.15, 0.2) is 0 Å². The summed E-state index contributed by atoms with van der Waals surface area (Å²) >= 11 is 0. The van der Waals surface area contributed by atoms with E-state index in [0.29, 0.717) is 26.1 Å². The molecule has 1 aliphatic heterocycles. The van der Waals surface area contributed by atoms with Gasteiger partial charge in [-0.05, 0) is 61.0 Å². The largest absolute Gasteiger partial charge is 0.497 e. The van der Waals surface area contributed by atoms with Crippen molar-refractivity contribution in [2.75, 3.05) is 25.2 Å². The Morgan fingerprint density at radius 1 is 1.00 bits per heavy atom. The van der Waals surface area contributed by atoms with Crippen molar-refractivity contribution in [3.63, 3.8) is 0 Å². The third-order valence-corrected chi connectivity index (χ3v) is 6.13. The molecule has 0 radical (unpaired) electrons. The number of para-hydroxylation sites is 2. The summed E-state index contributed by atoms with van der Waals surface area (Å²) in [6.45, 7) is 3.83. The van der Waals surface area contributed by atoms with Crippen molar-refractivity contribution in [1.29, 1.82) is 0 Å². The summed E-state index contributed by atoms with van der Waals surface area (Å²) in [4.78, 5) is 19.7. The van der Waals surface area contributed by atoms with Gasteiger partial charge in [0.2, 0.25) is 5.91 Å². The predicted octanol–water partition coefficient (Wildman–Crippen LogP) is 4.95. The first kappa shape index (κ1) is 21.1. The van der Waals surface area contributed by atoms with Crippen LogP contribution in [0.25, 0.3) is 11.0 Å². The highest BCUT2D eigenvalue weighted by Crippen LogP contribution is 2.33. The molecule has 6 nitrogen and oxygen atoms in total. The maximum atomic E-state index is 12.9. The summed E-state index contributed by atoms with van der Waals surface area (Å²) in [5, 5.41) is 0. The molecule has 3 aromatic carbocycles. The number of aryl methyl sites for hydroxylation is 1. The molecule has 0 aliphatic carbocycles. The van der Waals surface area contributed by atoms with Gasteiger partial charge in [-0.3, -0.25) is 4.79 Å². The van der Waals surface area contributed by atoms with Gasteiger partial charge in [-0.15, -0.1) is 0 Å². The summed E-state index contributed by atoms with van der Waals surface area (Å²) in [5.41, 5.74) is 4.10. The second-order valence-electron chi connectivity index (χ2n) is 8.38. The zero-order chi connectivity index (χ0) is 22.8. The van der Waals surface area contributed by atoms with Gasteiger partial charge >= 0.3 is 0 Å². The van der Waals surface area contributed by atoms with Crippen LogP contribution in [0, 0.1) is 6.92 Å². The first-order valence-corrected chi connectivity index (χ1v) is 11.2. The maximum absolute atomic E-state index is 12.9. The molecule has 6 heteroatoms. The second kappa shape index (κ2) is 8.98. The summed E-state index contributed by atoms with van der Waals surface area (Å²) in [7, 11) is 1.65. The second-order valence-corrected chi connectivity index (χ2v) is 8.38. The van der Waals surface area contributed by atoms with E-state index in [-0.39, 0.29) is 11.8 Å². The van der Waals surface area contributed by atoms with Crippen molar-refractivity contribution in [1.82, 2.24) is 9.55 Å². The van der Waals surface area contributed by atoms with E-state index >= 15 is 0 Å². The maximum Gasteiger partial charge on any atom is 0.227 e. The van der Waals surface area contributed by atoms with Gasteiger partial charge in [0.25, 0.3) is 0 Å². The van der Waals surface area contributed by atoms with Crippen LogP contribution < -0.4 is 14.4 Å². The van der Waals surface area contributed by atoms with Crippen LogP contribution >= 0.6 is 0 Å². The average molecular weight is 442 g/mol. The fourth-order valence-corrected chi connectivity index (χ4v) is 4.49. The molecule has 4 aromatic rings. The number of methoxy groups -OCH3 is 1. The minimum absolute atomic E-state index is 0.0337. The Morgan fingerprint density at radius 2 is 1.79 bits per heavy atom. The number of benzene rings is 3. The zero-order valence-electron chi connectivity index (χ0n) is 18.9. The number of hydrogen-bond acceptors (Lipinski definition) is 4. The fraction of sp³-hybridized carbons (Fsp3) is 0.259. The first-order valence-electron chi connectivity index (χ1n) is 11.2. The number of hydrogen-bond donors (Lipinski definition) is 0. The monoisotopic (exact) mass is 441 g/mol. The smallest absolute Gasteiger partial charge is 0.227 e. The van der Waals surface area contributed by atoms with Crippen LogP contribution in [0.15, 0.2) is 72.8 Å². The van der Waals surface area contributed by atoms with Crippen LogP contribution in [-0.2, 0) is 11.3 Å². The van der Waals surface area contributed by atoms with Crippen LogP contribution in [0.4, 0.5) is 5.69 Å². The lowest BCUT2D eigenvalue weighted by atomic mass is 10.1. The van der Waals surface area contributed by atoms with Crippen LogP contribution in [0.5, 0.6) is 11.5 Å². The van der Waals surface area contributed by atoms with Crippen molar-refractivity contribution < 1.29 is 14.3 Å². The van der Waals surface area contributed by atoms with Gasteiger partial charge < -0.3 is 18.9 Å². The molecule has 33 heavy (non-hydrogen) atoms. The van der Waals surface area contributed by atoms with E-state index in [9.17, 15) is 4.79 Å². The number of ether oxygens (including phenoxy) is 2. The van der Waals surface area contributed by atoms with Gasteiger partial charge in [0, 0.05) is 24.6 Å². The van der Waals surface area contributed by atoms with Crippen LogP contribution in [0.3, 0.4) is 0 Å². The van der Waals surface area contributed by atoms with Crippen molar-refractivity contribution >= 4 is 22.6 Å². The highest BCUT2D eigenvalue weighted by Gasteiger charge is 2.34. The Bertz CT molecular complexity index is 1280. The van der Waals surface area contributed by atoms with E-state index < -0.39 is 0 Å². The summed E-state index contributed by atoms with van der Waals surface area (Å²) in [6.07, 6.45) is 0.455. The van der Waals surface area contributed by atoms with Gasteiger partial charge in [-0.2, -0.15) is 0 Å². The predicted molar refractivity (Wildman–Crippen MR) is 129 cm³/mol. The standard InChI is InChI=1S/C27H27N3O3/c1-19-6-5-7-21(16-19)30-18-20(17-26(30)31)27-28-24-8-3-4-9-25(24)29(27)14-15-33-23-12-10-22(32-2)11-13-23/h3-13,16,20H,14-15,17-18H2,1-2H3/t20-/m1/s1. The molecular weight excluding hydrogens is 414 g/mol. The highest BCUT2D eigenvalue weighted by molar-refractivity contribution is 5.96. The Labute approximate surface area is 193 Å². The number of nitrogens with zero attached hydrogens (tertiary/aromatic N) is 3. The molecule has 1 atom stereocenters. The Morgan fingerprint density at radius 3 is 2.58 bits per heavy atom. The molecule has 1 saturated heterocycles. The molecular formula is C27H27N3O3. The Kier molecular flexibility index (Phi) is 5.73. The van der Waals surface area contributed by atoms with Gasteiger partial charge in [0.05, 0.1) is 24.7 Å². The number of amides is 1. The van der Waals surface area contributed by atoms with Crippen molar-refractivity contribution in [3.8, 4) is 11.5 Å². The SMILES string of the molecule is COc1ccc(OCCn2c([C@@H]3CC(=O)N(c4cccc(C)c4)C3)nc3ccccc32)cc1. The zero-order valence-corrected chi connectivity index (χ0v) is 18.9. The van der Waals surface area contributed by atoms with Crippen molar-refractivity contribution in [2.45, 2.75) is 25.8 Å². The van der Waals surface area contributed by atoms with E-state index in [1.807, 2.05) is 72.5 Å². The van der Waals surface area contributed by atoms with Crippen LogP contribution in [0.2, 0.25) is 0 Å². The Hall–Kier alpha value is -3.80. The van der Waals surface area contributed by atoms with Crippen LogP contribution in [-0.4, -0.2) is 35.7 Å². The summed E-state index contributed by atoms with van der Waals surface area (Å²) < 4.78 is 13.4. The number of carbonyl (C=O) groups is 1. The molecule has 1 aromatic heterocycles. The summed E-state index contributed by atoms with van der Waals surface area (Å²) in [5.74, 6) is 2.71. The molecule has 168 valence electrons. The lowest BCUT2D eigenvalue weighted by Gasteiger charge is -2.18. The molecule has 0 N–H and O–H groups in total. The lowest BCUT2D eigenvalue weighted by molar-refractivity contribution is -0.117. The molecule has 1 fully saturated rings. The molecule has 5 rings (SSSR count). The van der Waals surface area contributed by atoms with E-state index in [0.717, 1.165) is 39.6 Å². The number of carbonyl (C=O) groups excluding carboxylic acids is 1. The fourth-order valence-electron chi connectivity index (χ4n) is 4.49. The quantitative estimate of drug-likeness (QED) is 0.407. The van der Waals surface area contributed by atoms with E-state index in [1.54, 1.807) is 7.11 Å². The number of aromatic nitrogens is 2. The van der Waals surface area contributed by atoms with Gasteiger partial charge in [-0.25, -0.2) is 4.98 Å². The molecule has 2 heterocycles. The van der Waals surface area contributed by atoms with Crippen molar-refractivity contribution in [2.24, 2.45) is 0 Å². The molecule has 1 aliphatic rings. The lowest BCUT2D eigenvalue weighted by Crippen LogP contribution is -2.24. The third kappa shape index (κ3) is 4.29. The number of anilines is 1. The van der Waals surface area contributed by atoms with E-state index in [1.165, 1.54) is 0 Å². The minimum atomic E-state index is 0.0337. The number of fused-ring (bicyclic) bond motifs is 1. The minimum Gasteiger partial charge on any atom is -0.497 e. The number of rotatable bonds is 7. The average Bonchev–Trinajstić information content (AvgIpc) is 3.40. The van der Waals surface area contributed by atoms with Crippen molar-refractivity contribution in [3.05, 3.63) is 84.2 Å². The summed E-state index contributed by atoms with van der Waals surface area (Å²) in [6, 6.07) is 23.8. The number of imidazole rings is 1. The highest BCUT2D eigenvalue weighted by atomic mass is 16.5. The third-order valence-electron chi connectivity index (χ3n) is 6.13. The normalized spacial score (nSPS) is 15.9.